The predicted octanol–water partition coefficient (Wildman–Crippen LogP) is 2.25. The number of rotatable bonds is 3. The summed E-state index contributed by atoms with van der Waals surface area (Å²) in [6, 6.07) is 10.6. The molecule has 0 spiro atoms. The number of amides is 1. The van der Waals surface area contributed by atoms with Crippen LogP contribution in [0.3, 0.4) is 0 Å². The number of benzene rings is 2. The molecule has 0 aromatic heterocycles. The van der Waals surface area contributed by atoms with E-state index in [4.69, 9.17) is 11.5 Å². The van der Waals surface area contributed by atoms with Crippen molar-refractivity contribution in [2.24, 2.45) is 5.73 Å². The molecule has 0 saturated carbocycles. The largest absolute Gasteiger partial charge is 0.397 e. The number of carbonyl (C=O) groups excluding carboxylic acids is 1. The van der Waals surface area contributed by atoms with Crippen LogP contribution < -0.4 is 16.8 Å². The van der Waals surface area contributed by atoms with E-state index < -0.39 is 5.91 Å². The molecular formula is C13H12FN3O. The SMILES string of the molecule is NC(=O)c1cccc(N)c1Nc1ccc(F)cc1. The maximum absolute atomic E-state index is 12.8. The Morgan fingerprint density at radius 2 is 1.78 bits per heavy atom. The molecule has 2 aromatic rings. The summed E-state index contributed by atoms with van der Waals surface area (Å²) in [5.74, 6) is -0.913. The second kappa shape index (κ2) is 4.75. The standard InChI is InChI=1S/C13H12FN3O/c14-8-4-6-9(7-5-8)17-12-10(13(16)18)2-1-3-11(12)15/h1-7,17H,15H2,(H2,16,18). The van der Waals surface area contributed by atoms with Crippen LogP contribution in [-0.4, -0.2) is 5.91 Å². The molecule has 2 rings (SSSR count). The number of hydrogen-bond acceptors (Lipinski definition) is 3. The van der Waals surface area contributed by atoms with Gasteiger partial charge in [-0.15, -0.1) is 0 Å². The zero-order valence-electron chi connectivity index (χ0n) is 9.48. The normalized spacial score (nSPS) is 10.1. The van der Waals surface area contributed by atoms with Gasteiger partial charge in [-0.1, -0.05) is 6.07 Å². The highest BCUT2D eigenvalue weighted by Gasteiger charge is 2.10. The monoisotopic (exact) mass is 245 g/mol. The van der Waals surface area contributed by atoms with E-state index in [2.05, 4.69) is 5.32 Å². The first-order valence-electron chi connectivity index (χ1n) is 5.29. The summed E-state index contributed by atoms with van der Waals surface area (Å²) in [6.45, 7) is 0. The number of nitrogens with one attached hydrogen (secondary N) is 1. The molecule has 2 aromatic carbocycles. The number of para-hydroxylation sites is 1. The number of hydrogen-bond donors (Lipinski definition) is 3. The highest BCUT2D eigenvalue weighted by Crippen LogP contribution is 2.27. The van der Waals surface area contributed by atoms with E-state index >= 15 is 0 Å². The Kier molecular flexibility index (Phi) is 3.14. The molecule has 0 bridgehead atoms. The summed E-state index contributed by atoms with van der Waals surface area (Å²) in [5, 5.41) is 2.96. The smallest absolute Gasteiger partial charge is 0.250 e. The Balaban J connectivity index is 2.39. The molecule has 0 atom stereocenters. The molecule has 0 aliphatic carbocycles. The van der Waals surface area contributed by atoms with Crippen LogP contribution in [-0.2, 0) is 0 Å². The molecule has 18 heavy (non-hydrogen) atoms. The Hall–Kier alpha value is -2.56. The zero-order valence-corrected chi connectivity index (χ0v) is 9.48. The molecular weight excluding hydrogens is 233 g/mol. The fraction of sp³-hybridized carbons (Fsp3) is 0. The maximum Gasteiger partial charge on any atom is 0.250 e. The van der Waals surface area contributed by atoms with Crippen LogP contribution in [0.4, 0.5) is 21.5 Å². The second-order valence-corrected chi connectivity index (χ2v) is 3.77. The average molecular weight is 245 g/mol. The summed E-state index contributed by atoms with van der Waals surface area (Å²) < 4.78 is 12.8. The van der Waals surface area contributed by atoms with Crippen LogP contribution in [0.1, 0.15) is 10.4 Å². The van der Waals surface area contributed by atoms with Crippen molar-refractivity contribution in [2.75, 3.05) is 11.1 Å². The van der Waals surface area contributed by atoms with Gasteiger partial charge in [-0.05, 0) is 36.4 Å². The lowest BCUT2D eigenvalue weighted by atomic mass is 10.1. The number of nitrogens with two attached hydrogens (primary N) is 2. The Morgan fingerprint density at radius 3 is 2.39 bits per heavy atom. The highest BCUT2D eigenvalue weighted by atomic mass is 19.1. The third-order valence-electron chi connectivity index (χ3n) is 2.48. The molecule has 4 nitrogen and oxygen atoms in total. The molecule has 0 fully saturated rings. The van der Waals surface area contributed by atoms with E-state index in [0.29, 0.717) is 22.6 Å². The molecule has 0 radical (unpaired) electrons. The Bertz CT molecular complexity index is 581. The van der Waals surface area contributed by atoms with Gasteiger partial charge in [-0.3, -0.25) is 4.79 Å². The van der Waals surface area contributed by atoms with Crippen LogP contribution in [0, 0.1) is 5.82 Å². The van der Waals surface area contributed by atoms with Crippen molar-refractivity contribution in [2.45, 2.75) is 0 Å². The molecule has 0 saturated heterocycles. The van der Waals surface area contributed by atoms with Crippen LogP contribution in [0.2, 0.25) is 0 Å². The summed E-state index contributed by atoms with van der Waals surface area (Å²) in [7, 11) is 0. The fourth-order valence-electron chi connectivity index (χ4n) is 1.59. The van der Waals surface area contributed by atoms with E-state index in [9.17, 15) is 9.18 Å². The summed E-state index contributed by atoms with van der Waals surface area (Å²) in [4.78, 5) is 11.3. The summed E-state index contributed by atoms with van der Waals surface area (Å²) in [5.41, 5.74) is 12.8. The topological polar surface area (TPSA) is 81.1 Å². The van der Waals surface area contributed by atoms with Crippen molar-refractivity contribution in [1.82, 2.24) is 0 Å². The maximum atomic E-state index is 12.8. The molecule has 0 heterocycles. The van der Waals surface area contributed by atoms with Gasteiger partial charge in [-0.25, -0.2) is 4.39 Å². The van der Waals surface area contributed by atoms with Gasteiger partial charge < -0.3 is 16.8 Å². The number of halogens is 1. The fourth-order valence-corrected chi connectivity index (χ4v) is 1.59. The van der Waals surface area contributed by atoms with Crippen molar-refractivity contribution in [1.29, 1.82) is 0 Å². The van der Waals surface area contributed by atoms with Gasteiger partial charge in [0, 0.05) is 5.69 Å². The molecule has 0 aliphatic heterocycles. The van der Waals surface area contributed by atoms with E-state index in [1.807, 2.05) is 0 Å². The van der Waals surface area contributed by atoms with Crippen LogP contribution in [0.5, 0.6) is 0 Å². The van der Waals surface area contributed by atoms with E-state index in [1.165, 1.54) is 12.1 Å². The van der Waals surface area contributed by atoms with E-state index in [1.54, 1.807) is 30.3 Å². The first-order valence-corrected chi connectivity index (χ1v) is 5.29. The lowest BCUT2D eigenvalue weighted by Crippen LogP contribution is -2.14. The van der Waals surface area contributed by atoms with Gasteiger partial charge in [0.15, 0.2) is 0 Å². The molecule has 0 unspecified atom stereocenters. The molecule has 0 aliphatic rings. The lowest BCUT2D eigenvalue weighted by molar-refractivity contribution is 0.100. The Morgan fingerprint density at radius 1 is 1.11 bits per heavy atom. The second-order valence-electron chi connectivity index (χ2n) is 3.77. The highest BCUT2D eigenvalue weighted by molar-refractivity contribution is 6.02. The Labute approximate surface area is 103 Å². The van der Waals surface area contributed by atoms with Crippen LogP contribution in [0.15, 0.2) is 42.5 Å². The van der Waals surface area contributed by atoms with Gasteiger partial charge in [0.05, 0.1) is 16.9 Å². The van der Waals surface area contributed by atoms with Crippen LogP contribution in [0.25, 0.3) is 0 Å². The quantitative estimate of drug-likeness (QED) is 0.725. The van der Waals surface area contributed by atoms with Gasteiger partial charge in [0.25, 0.3) is 5.91 Å². The minimum absolute atomic E-state index is 0.291. The predicted molar refractivity (Wildman–Crippen MR) is 69.1 cm³/mol. The van der Waals surface area contributed by atoms with E-state index in [0.717, 1.165) is 0 Å². The van der Waals surface area contributed by atoms with Crippen molar-refractivity contribution >= 4 is 23.0 Å². The lowest BCUT2D eigenvalue weighted by Gasteiger charge is -2.12. The van der Waals surface area contributed by atoms with Crippen molar-refractivity contribution in [3.8, 4) is 0 Å². The number of anilines is 3. The summed E-state index contributed by atoms with van der Waals surface area (Å²) in [6.07, 6.45) is 0. The minimum atomic E-state index is -0.577. The average Bonchev–Trinajstić information content (AvgIpc) is 2.34. The van der Waals surface area contributed by atoms with Gasteiger partial charge >= 0.3 is 0 Å². The third kappa shape index (κ3) is 2.40. The molecule has 5 N–H and O–H groups in total. The van der Waals surface area contributed by atoms with Crippen molar-refractivity contribution in [3.63, 3.8) is 0 Å². The molecule has 5 heteroatoms. The van der Waals surface area contributed by atoms with Gasteiger partial charge in [0.1, 0.15) is 5.82 Å². The third-order valence-corrected chi connectivity index (χ3v) is 2.48. The van der Waals surface area contributed by atoms with Gasteiger partial charge in [-0.2, -0.15) is 0 Å². The number of primary amides is 1. The first kappa shape index (κ1) is 11.9. The van der Waals surface area contributed by atoms with E-state index in [-0.39, 0.29) is 5.82 Å². The van der Waals surface area contributed by atoms with Crippen molar-refractivity contribution in [3.05, 3.63) is 53.8 Å². The van der Waals surface area contributed by atoms with Crippen molar-refractivity contribution < 1.29 is 9.18 Å². The first-order chi connectivity index (χ1) is 8.58. The molecule has 92 valence electrons. The molecule has 1 amide bonds. The van der Waals surface area contributed by atoms with Crippen LogP contribution >= 0.6 is 0 Å². The zero-order chi connectivity index (χ0) is 13.1. The number of carbonyl (C=O) groups is 1. The number of nitrogen functional groups attached to an aromatic ring is 1. The summed E-state index contributed by atoms with van der Waals surface area (Å²) >= 11 is 0. The minimum Gasteiger partial charge on any atom is -0.397 e. The van der Waals surface area contributed by atoms with Gasteiger partial charge in [0.2, 0.25) is 0 Å².